The van der Waals surface area contributed by atoms with Gasteiger partial charge in [0.15, 0.2) is 0 Å². The number of amides is 1. The third-order valence-electron chi connectivity index (χ3n) is 3.03. The minimum absolute atomic E-state index is 0.0859. The van der Waals surface area contributed by atoms with Crippen LogP contribution in [0.15, 0.2) is 18.2 Å². The van der Waals surface area contributed by atoms with Gasteiger partial charge in [-0.3, -0.25) is 4.79 Å². The number of benzene rings is 1. The molecule has 92 valence electrons. The molecule has 1 saturated heterocycles. The van der Waals surface area contributed by atoms with Crippen LogP contribution < -0.4 is 5.32 Å². The number of nitrogens with one attached hydrogen (secondary N) is 1. The second-order valence-corrected chi connectivity index (χ2v) is 5.59. The van der Waals surface area contributed by atoms with E-state index in [0.717, 1.165) is 29.9 Å². The summed E-state index contributed by atoms with van der Waals surface area (Å²) in [7, 11) is 0. The van der Waals surface area contributed by atoms with E-state index in [1.807, 2.05) is 18.7 Å². The molecule has 1 amide bonds. The van der Waals surface area contributed by atoms with Crippen LogP contribution in [0.2, 0.25) is 0 Å². The molecule has 0 bridgehead atoms. The van der Waals surface area contributed by atoms with E-state index in [9.17, 15) is 9.90 Å². The number of hydrogen-bond donors (Lipinski definition) is 2. The van der Waals surface area contributed by atoms with Crippen molar-refractivity contribution in [2.75, 3.05) is 11.5 Å². The van der Waals surface area contributed by atoms with Gasteiger partial charge in [0.2, 0.25) is 0 Å². The molecule has 1 aromatic carbocycles. The third-order valence-corrected chi connectivity index (χ3v) is 4.08. The number of thioether (sulfide) groups is 1. The molecule has 0 atom stereocenters. The fraction of sp³-hybridized carbons (Fsp3) is 0.462. The van der Waals surface area contributed by atoms with Crippen molar-refractivity contribution in [3.8, 4) is 5.75 Å². The summed E-state index contributed by atoms with van der Waals surface area (Å²) in [4.78, 5) is 11.9. The predicted octanol–water partition coefficient (Wildman–Crippen LogP) is 2.33. The minimum atomic E-state index is -0.0859. The zero-order chi connectivity index (χ0) is 12.3. The van der Waals surface area contributed by atoms with E-state index < -0.39 is 0 Å². The van der Waals surface area contributed by atoms with Crippen molar-refractivity contribution in [1.29, 1.82) is 0 Å². The fourth-order valence-corrected chi connectivity index (χ4v) is 2.97. The minimum Gasteiger partial charge on any atom is -0.508 e. The summed E-state index contributed by atoms with van der Waals surface area (Å²) in [5, 5.41) is 12.6. The molecular weight excluding hydrogens is 234 g/mol. The Balaban J connectivity index is 2.01. The number of aromatic hydroxyl groups is 1. The molecule has 0 spiro atoms. The van der Waals surface area contributed by atoms with Crippen LogP contribution in [0, 0.1) is 6.92 Å². The van der Waals surface area contributed by atoms with Crippen LogP contribution in [0.1, 0.15) is 28.8 Å². The van der Waals surface area contributed by atoms with Crippen LogP contribution in [0.25, 0.3) is 0 Å². The van der Waals surface area contributed by atoms with Gasteiger partial charge < -0.3 is 10.4 Å². The molecule has 2 N–H and O–H groups in total. The van der Waals surface area contributed by atoms with Gasteiger partial charge in [0.1, 0.15) is 5.75 Å². The van der Waals surface area contributed by atoms with Gasteiger partial charge in [0.05, 0.1) is 0 Å². The molecule has 0 radical (unpaired) electrons. The summed E-state index contributed by atoms with van der Waals surface area (Å²) in [6, 6.07) is 5.33. The fourth-order valence-electron chi connectivity index (χ4n) is 1.86. The first-order valence-electron chi connectivity index (χ1n) is 5.85. The number of rotatable bonds is 2. The Morgan fingerprint density at radius 1 is 1.41 bits per heavy atom. The van der Waals surface area contributed by atoms with Gasteiger partial charge in [-0.15, -0.1) is 0 Å². The maximum atomic E-state index is 11.9. The second kappa shape index (κ2) is 5.45. The van der Waals surface area contributed by atoms with Crippen LogP contribution in [-0.2, 0) is 0 Å². The Kier molecular flexibility index (Phi) is 3.94. The highest BCUT2D eigenvalue weighted by atomic mass is 32.2. The van der Waals surface area contributed by atoms with E-state index in [0.29, 0.717) is 5.56 Å². The van der Waals surface area contributed by atoms with Crippen LogP contribution in [-0.4, -0.2) is 28.6 Å². The SMILES string of the molecule is Cc1ccc(C(=O)NC2CCSCC2)cc1O. The first-order valence-corrected chi connectivity index (χ1v) is 7.00. The molecule has 2 rings (SSSR count). The molecule has 1 aliphatic rings. The average molecular weight is 251 g/mol. The maximum absolute atomic E-state index is 11.9. The van der Waals surface area contributed by atoms with Gasteiger partial charge in [-0.2, -0.15) is 11.8 Å². The maximum Gasteiger partial charge on any atom is 0.251 e. The van der Waals surface area contributed by atoms with Gasteiger partial charge in [0, 0.05) is 11.6 Å². The summed E-state index contributed by atoms with van der Waals surface area (Å²) in [5.74, 6) is 2.32. The molecule has 1 heterocycles. The van der Waals surface area contributed by atoms with E-state index in [1.54, 1.807) is 12.1 Å². The monoisotopic (exact) mass is 251 g/mol. The zero-order valence-electron chi connectivity index (χ0n) is 9.90. The van der Waals surface area contributed by atoms with Gasteiger partial charge >= 0.3 is 0 Å². The van der Waals surface area contributed by atoms with Crippen LogP contribution in [0.3, 0.4) is 0 Å². The van der Waals surface area contributed by atoms with Gasteiger partial charge in [-0.1, -0.05) is 6.07 Å². The molecule has 0 aromatic heterocycles. The lowest BCUT2D eigenvalue weighted by atomic mass is 10.1. The third kappa shape index (κ3) is 3.16. The highest BCUT2D eigenvalue weighted by Gasteiger charge is 2.17. The lowest BCUT2D eigenvalue weighted by molar-refractivity contribution is 0.0934. The summed E-state index contributed by atoms with van der Waals surface area (Å²) in [6.07, 6.45) is 2.07. The summed E-state index contributed by atoms with van der Waals surface area (Å²) >= 11 is 1.93. The number of carbonyl (C=O) groups is 1. The van der Waals surface area contributed by atoms with Crippen molar-refractivity contribution in [2.45, 2.75) is 25.8 Å². The summed E-state index contributed by atoms with van der Waals surface area (Å²) in [6.45, 7) is 1.81. The quantitative estimate of drug-likeness (QED) is 0.848. The topological polar surface area (TPSA) is 49.3 Å². The van der Waals surface area contributed by atoms with E-state index in [2.05, 4.69) is 5.32 Å². The highest BCUT2D eigenvalue weighted by molar-refractivity contribution is 7.99. The Morgan fingerprint density at radius 2 is 2.12 bits per heavy atom. The smallest absolute Gasteiger partial charge is 0.251 e. The Bertz CT molecular complexity index is 414. The van der Waals surface area contributed by atoms with Crippen LogP contribution >= 0.6 is 11.8 Å². The number of phenols is 1. The van der Waals surface area contributed by atoms with E-state index in [4.69, 9.17) is 0 Å². The number of phenolic OH excluding ortho intramolecular Hbond substituents is 1. The zero-order valence-corrected chi connectivity index (χ0v) is 10.7. The molecular formula is C13H17NO2S. The molecule has 3 nitrogen and oxygen atoms in total. The molecule has 1 aromatic rings. The van der Waals surface area contributed by atoms with Crippen molar-refractivity contribution in [2.24, 2.45) is 0 Å². The Labute approximate surface area is 106 Å². The lowest BCUT2D eigenvalue weighted by Crippen LogP contribution is -2.37. The van der Waals surface area contributed by atoms with Crippen molar-refractivity contribution >= 4 is 17.7 Å². The summed E-state index contributed by atoms with van der Waals surface area (Å²) in [5.41, 5.74) is 1.32. The van der Waals surface area contributed by atoms with E-state index in [1.165, 1.54) is 6.07 Å². The molecule has 4 heteroatoms. The first kappa shape index (κ1) is 12.3. The van der Waals surface area contributed by atoms with Crippen molar-refractivity contribution in [3.63, 3.8) is 0 Å². The standard InChI is InChI=1S/C13H17NO2S/c1-9-2-3-10(8-12(9)15)13(16)14-11-4-6-17-7-5-11/h2-3,8,11,15H,4-7H2,1H3,(H,14,16). The average Bonchev–Trinajstić information content (AvgIpc) is 2.34. The van der Waals surface area contributed by atoms with Crippen molar-refractivity contribution < 1.29 is 9.90 Å². The van der Waals surface area contributed by atoms with Crippen molar-refractivity contribution in [3.05, 3.63) is 29.3 Å². The predicted molar refractivity (Wildman–Crippen MR) is 70.7 cm³/mol. The van der Waals surface area contributed by atoms with E-state index in [-0.39, 0.29) is 17.7 Å². The Morgan fingerprint density at radius 3 is 2.76 bits per heavy atom. The lowest BCUT2D eigenvalue weighted by Gasteiger charge is -2.22. The normalized spacial score (nSPS) is 16.8. The molecule has 0 saturated carbocycles. The molecule has 1 aliphatic heterocycles. The molecule has 17 heavy (non-hydrogen) atoms. The molecule has 0 unspecified atom stereocenters. The van der Waals surface area contributed by atoms with Crippen LogP contribution in [0.5, 0.6) is 5.75 Å². The first-order chi connectivity index (χ1) is 8.16. The highest BCUT2D eigenvalue weighted by Crippen LogP contribution is 2.19. The summed E-state index contributed by atoms with van der Waals surface area (Å²) < 4.78 is 0. The number of aryl methyl sites for hydroxylation is 1. The molecule has 0 aliphatic carbocycles. The number of carbonyl (C=O) groups excluding carboxylic acids is 1. The van der Waals surface area contributed by atoms with Crippen LogP contribution in [0.4, 0.5) is 0 Å². The largest absolute Gasteiger partial charge is 0.508 e. The van der Waals surface area contributed by atoms with Gasteiger partial charge in [-0.25, -0.2) is 0 Å². The number of hydrogen-bond acceptors (Lipinski definition) is 3. The van der Waals surface area contributed by atoms with Gasteiger partial charge in [0.25, 0.3) is 5.91 Å². The second-order valence-electron chi connectivity index (χ2n) is 4.36. The van der Waals surface area contributed by atoms with Gasteiger partial charge in [-0.05, 0) is 49.0 Å². The Hall–Kier alpha value is -1.16. The van der Waals surface area contributed by atoms with E-state index >= 15 is 0 Å². The van der Waals surface area contributed by atoms with Crippen molar-refractivity contribution in [1.82, 2.24) is 5.32 Å². The molecule has 1 fully saturated rings.